The second-order valence-electron chi connectivity index (χ2n) is 10.7. The van der Waals surface area contributed by atoms with Gasteiger partial charge in [0, 0.05) is 67.0 Å². The number of aromatic amines is 1. The molecular weight excluding hydrogens is 500 g/mol. The fraction of sp³-hybridized carbons (Fsp3) is 0.273. The summed E-state index contributed by atoms with van der Waals surface area (Å²) >= 11 is 0. The number of hydrogen-bond acceptors (Lipinski definition) is 6. The number of morpholine rings is 1. The van der Waals surface area contributed by atoms with Crippen molar-refractivity contribution in [1.29, 1.82) is 0 Å². The molecule has 202 valence electrons. The van der Waals surface area contributed by atoms with E-state index in [1.807, 2.05) is 36.7 Å². The van der Waals surface area contributed by atoms with Crippen LogP contribution in [0.25, 0.3) is 16.8 Å². The molecule has 7 nitrogen and oxygen atoms in total. The molecule has 0 amide bonds. The second kappa shape index (κ2) is 10.7. The van der Waals surface area contributed by atoms with E-state index in [1.165, 1.54) is 29.5 Å². The van der Waals surface area contributed by atoms with Crippen LogP contribution in [0.1, 0.15) is 41.5 Å². The van der Waals surface area contributed by atoms with Crippen molar-refractivity contribution in [3.05, 3.63) is 106 Å². The number of ether oxygens (including phenoxy) is 2. The third-order valence-corrected chi connectivity index (χ3v) is 7.95. The van der Waals surface area contributed by atoms with Crippen molar-refractivity contribution in [2.75, 3.05) is 36.5 Å². The molecule has 4 heterocycles. The first-order chi connectivity index (χ1) is 19.7. The number of hydrogen-bond donors (Lipinski definition) is 2. The van der Waals surface area contributed by atoms with E-state index in [0.717, 1.165) is 71.2 Å². The third kappa shape index (κ3) is 5.00. The highest BCUT2D eigenvalue weighted by Crippen LogP contribution is 2.43. The number of anilines is 2. The van der Waals surface area contributed by atoms with Gasteiger partial charge in [-0.05, 0) is 77.9 Å². The van der Waals surface area contributed by atoms with E-state index in [4.69, 9.17) is 9.47 Å². The smallest absolute Gasteiger partial charge is 0.250 e. The van der Waals surface area contributed by atoms with Gasteiger partial charge in [0.2, 0.25) is 5.56 Å². The average molecular weight is 533 g/mol. The summed E-state index contributed by atoms with van der Waals surface area (Å²) in [4.78, 5) is 22.3. The Kier molecular flexibility index (Phi) is 6.57. The number of benzene rings is 2. The van der Waals surface area contributed by atoms with Gasteiger partial charge in [-0.25, -0.2) is 0 Å². The second-order valence-corrected chi connectivity index (χ2v) is 10.7. The van der Waals surface area contributed by atoms with Crippen LogP contribution < -0.4 is 20.5 Å². The summed E-state index contributed by atoms with van der Waals surface area (Å²) in [5, 5.41) is 3.57. The van der Waals surface area contributed by atoms with Crippen molar-refractivity contribution in [2.45, 2.75) is 32.2 Å². The van der Waals surface area contributed by atoms with Crippen LogP contribution in [-0.4, -0.2) is 36.3 Å². The van der Waals surface area contributed by atoms with E-state index >= 15 is 0 Å². The molecule has 0 atom stereocenters. The van der Waals surface area contributed by atoms with Crippen LogP contribution >= 0.6 is 0 Å². The van der Waals surface area contributed by atoms with Gasteiger partial charge in [0.05, 0.1) is 18.9 Å². The van der Waals surface area contributed by atoms with Gasteiger partial charge in [-0.1, -0.05) is 18.2 Å². The molecule has 0 bridgehead atoms. The van der Waals surface area contributed by atoms with E-state index in [9.17, 15) is 4.79 Å². The normalized spacial score (nSPS) is 16.1. The monoisotopic (exact) mass is 532 g/mol. The maximum absolute atomic E-state index is 12.6. The van der Waals surface area contributed by atoms with E-state index < -0.39 is 0 Å². The van der Waals surface area contributed by atoms with Gasteiger partial charge in [-0.2, -0.15) is 0 Å². The molecule has 2 aliphatic heterocycles. The molecule has 2 N–H and O–H groups in total. The number of para-hydroxylation sites is 1. The molecule has 0 unspecified atom stereocenters. The summed E-state index contributed by atoms with van der Waals surface area (Å²) in [5.74, 6) is 1.64. The van der Waals surface area contributed by atoms with E-state index in [0.29, 0.717) is 19.8 Å². The van der Waals surface area contributed by atoms with Crippen LogP contribution in [-0.2, 0) is 17.7 Å². The highest BCUT2D eigenvalue weighted by molar-refractivity contribution is 5.74. The number of nitrogens with zero attached hydrogens (tertiary/aromatic N) is 2. The van der Waals surface area contributed by atoms with Gasteiger partial charge < -0.3 is 24.7 Å². The summed E-state index contributed by atoms with van der Waals surface area (Å²) in [7, 11) is 0. The van der Waals surface area contributed by atoms with E-state index in [1.54, 1.807) is 6.07 Å². The van der Waals surface area contributed by atoms with Gasteiger partial charge in [-0.3, -0.25) is 9.78 Å². The number of nitrogens with one attached hydrogen (secondary N) is 2. The summed E-state index contributed by atoms with van der Waals surface area (Å²) in [6.45, 7) is 3.59. The zero-order valence-corrected chi connectivity index (χ0v) is 22.4. The maximum atomic E-state index is 12.6. The van der Waals surface area contributed by atoms with Crippen LogP contribution in [0.5, 0.6) is 11.5 Å². The number of aromatic nitrogens is 2. The number of H-pyrrole nitrogens is 1. The first-order valence-electron chi connectivity index (χ1n) is 14.1. The SMILES string of the molecule is O=c1cc(N2CCOCC2)cc(-c2cccc3c2Oc2ccc(NCc4cncc(C5=CCCC5)c4)cc2C3)[nH]1. The summed E-state index contributed by atoms with van der Waals surface area (Å²) in [5.41, 5.74) is 9.54. The summed E-state index contributed by atoms with van der Waals surface area (Å²) in [6.07, 6.45) is 10.5. The van der Waals surface area contributed by atoms with E-state index in [-0.39, 0.29) is 5.56 Å². The number of rotatable bonds is 6. The van der Waals surface area contributed by atoms with E-state index in [2.05, 4.69) is 50.5 Å². The minimum absolute atomic E-state index is 0.121. The number of allylic oxidation sites excluding steroid dienone is 2. The molecule has 0 saturated carbocycles. The van der Waals surface area contributed by atoms with Crippen molar-refractivity contribution in [3.8, 4) is 22.8 Å². The quantitative estimate of drug-likeness (QED) is 0.273. The first-order valence-corrected chi connectivity index (χ1v) is 14.1. The molecule has 40 heavy (non-hydrogen) atoms. The van der Waals surface area contributed by atoms with Gasteiger partial charge in [0.1, 0.15) is 11.5 Å². The van der Waals surface area contributed by atoms with Crippen molar-refractivity contribution in [2.24, 2.45) is 0 Å². The van der Waals surface area contributed by atoms with Crippen LogP contribution in [0.4, 0.5) is 11.4 Å². The first kappa shape index (κ1) is 24.7. The zero-order chi connectivity index (χ0) is 26.9. The molecule has 1 aliphatic carbocycles. The molecule has 7 heteroatoms. The molecule has 4 aromatic rings. The highest BCUT2D eigenvalue weighted by atomic mass is 16.5. The van der Waals surface area contributed by atoms with Crippen LogP contribution in [0.3, 0.4) is 0 Å². The maximum Gasteiger partial charge on any atom is 0.250 e. The fourth-order valence-corrected chi connectivity index (χ4v) is 5.87. The highest BCUT2D eigenvalue weighted by Gasteiger charge is 2.22. The van der Waals surface area contributed by atoms with Crippen LogP contribution in [0, 0.1) is 0 Å². The van der Waals surface area contributed by atoms with Crippen LogP contribution in [0.15, 0.2) is 77.9 Å². The zero-order valence-electron chi connectivity index (χ0n) is 22.4. The molecule has 7 rings (SSSR count). The van der Waals surface area contributed by atoms with Crippen molar-refractivity contribution < 1.29 is 9.47 Å². The molecule has 1 fully saturated rings. The van der Waals surface area contributed by atoms with Gasteiger partial charge in [0.15, 0.2) is 0 Å². The van der Waals surface area contributed by atoms with Gasteiger partial charge >= 0.3 is 0 Å². The fourth-order valence-electron chi connectivity index (χ4n) is 5.87. The lowest BCUT2D eigenvalue weighted by Gasteiger charge is -2.29. The van der Waals surface area contributed by atoms with Crippen molar-refractivity contribution in [3.63, 3.8) is 0 Å². The Balaban J connectivity index is 1.11. The Labute approximate surface area is 233 Å². The number of pyridine rings is 2. The Morgan fingerprint density at radius 3 is 2.80 bits per heavy atom. The lowest BCUT2D eigenvalue weighted by atomic mass is 9.96. The van der Waals surface area contributed by atoms with Crippen LogP contribution in [0.2, 0.25) is 0 Å². The molecule has 3 aliphatic rings. The predicted molar refractivity (Wildman–Crippen MR) is 158 cm³/mol. The molecule has 0 radical (unpaired) electrons. The Hall–Kier alpha value is -4.36. The molecular formula is C33H32N4O3. The molecule has 2 aromatic carbocycles. The Bertz CT molecular complexity index is 1650. The lowest BCUT2D eigenvalue weighted by molar-refractivity contribution is 0.122. The Morgan fingerprint density at radius 1 is 1.00 bits per heavy atom. The van der Waals surface area contributed by atoms with Gasteiger partial charge in [-0.15, -0.1) is 0 Å². The predicted octanol–water partition coefficient (Wildman–Crippen LogP) is 6.15. The standard InChI is InChI=1S/C33H32N4O3/c38-32-18-28(37-10-12-39-13-11-37)17-30(36-32)29-7-3-6-24-15-25-16-27(8-9-31(25)40-33(24)29)35-20-22-14-26(21-34-19-22)23-4-1-2-5-23/h3-4,6-9,14,16-19,21,35H,1-2,5,10-13,15,20H2,(H,36,38). The lowest BCUT2D eigenvalue weighted by Crippen LogP contribution is -2.36. The summed E-state index contributed by atoms with van der Waals surface area (Å²) in [6, 6.07) is 18.3. The van der Waals surface area contributed by atoms with Gasteiger partial charge in [0.25, 0.3) is 0 Å². The third-order valence-electron chi connectivity index (χ3n) is 7.95. The number of fused-ring (bicyclic) bond motifs is 2. The molecule has 0 spiro atoms. The summed E-state index contributed by atoms with van der Waals surface area (Å²) < 4.78 is 12.0. The largest absolute Gasteiger partial charge is 0.456 e. The Morgan fingerprint density at radius 2 is 1.93 bits per heavy atom. The van der Waals surface area contributed by atoms with Crippen molar-refractivity contribution >= 4 is 16.9 Å². The van der Waals surface area contributed by atoms with Crippen molar-refractivity contribution in [1.82, 2.24) is 9.97 Å². The topological polar surface area (TPSA) is 79.5 Å². The molecule has 1 saturated heterocycles. The minimum atomic E-state index is -0.121. The molecule has 2 aromatic heterocycles. The minimum Gasteiger partial charge on any atom is -0.456 e. The average Bonchev–Trinajstić information content (AvgIpc) is 3.54.